The second-order valence-electron chi connectivity index (χ2n) is 13.0. The zero-order valence-electron chi connectivity index (χ0n) is 24.1. The number of ether oxygens (including phenoxy) is 4. The van der Waals surface area contributed by atoms with Crippen LogP contribution in [0.25, 0.3) is 0 Å². The maximum atomic E-state index is 13.1. The zero-order chi connectivity index (χ0) is 28.5. The van der Waals surface area contributed by atoms with Crippen LogP contribution in [0, 0.1) is 29.1 Å². The summed E-state index contributed by atoms with van der Waals surface area (Å²) in [5.74, 6) is -1.65. The molecule has 37 heavy (non-hydrogen) atoms. The topological polar surface area (TPSA) is 88.1 Å². The number of carbonyl (C=O) groups excluding carboxylic acids is 3. The van der Waals surface area contributed by atoms with Crippen molar-refractivity contribution >= 4 is 33.8 Å². The molecule has 1 heterocycles. The molecule has 208 valence electrons. The zero-order valence-corrected chi connectivity index (χ0v) is 25.6. The van der Waals surface area contributed by atoms with Crippen LogP contribution in [0.5, 0.6) is 0 Å². The smallest absolute Gasteiger partial charge is 0.311 e. The maximum Gasteiger partial charge on any atom is 0.311 e. The van der Waals surface area contributed by atoms with E-state index in [-0.39, 0.29) is 12.5 Å². The molecule has 1 saturated heterocycles. The van der Waals surface area contributed by atoms with Gasteiger partial charge in [0, 0.05) is 10.4 Å². The first-order valence-electron chi connectivity index (χ1n) is 12.7. The Hall–Kier alpha value is -1.93. The lowest BCUT2D eigenvalue weighted by Crippen LogP contribution is -2.57. The average molecular weight is 584 g/mol. The lowest BCUT2D eigenvalue weighted by atomic mass is 9.82. The third-order valence-corrected chi connectivity index (χ3v) is 6.74. The van der Waals surface area contributed by atoms with E-state index in [0.29, 0.717) is 0 Å². The van der Waals surface area contributed by atoms with E-state index in [1.807, 2.05) is 32.0 Å². The number of aryl methyl sites for hydroxylation is 1. The SMILES string of the molecule is Cc1cc(Br)ccc1[C@H]1O[C@H](COC(=O)C(C)(C)C)[C@@H](OC(=O)C(C)(C)C)[C@H](OC(=O)C(C)(C)C)[C@@H]1C. The normalized spacial score (nSPS) is 24.8. The van der Waals surface area contributed by atoms with Crippen molar-refractivity contribution in [2.75, 3.05) is 6.61 Å². The van der Waals surface area contributed by atoms with Crippen LogP contribution in [-0.2, 0) is 33.3 Å². The van der Waals surface area contributed by atoms with Gasteiger partial charge in [-0.3, -0.25) is 14.4 Å². The Morgan fingerprint density at radius 1 is 0.838 bits per heavy atom. The highest BCUT2D eigenvalue weighted by atomic mass is 79.9. The predicted molar refractivity (Wildman–Crippen MR) is 145 cm³/mol. The molecule has 0 amide bonds. The van der Waals surface area contributed by atoms with Crippen LogP contribution in [0.4, 0.5) is 0 Å². The number of halogens is 1. The Bertz CT molecular complexity index is 997. The van der Waals surface area contributed by atoms with Crippen molar-refractivity contribution in [1.82, 2.24) is 0 Å². The van der Waals surface area contributed by atoms with E-state index < -0.39 is 58.6 Å². The summed E-state index contributed by atoms with van der Waals surface area (Å²) in [6.07, 6.45) is -3.13. The van der Waals surface area contributed by atoms with E-state index in [0.717, 1.165) is 15.6 Å². The van der Waals surface area contributed by atoms with Gasteiger partial charge in [-0.05, 0) is 92.5 Å². The van der Waals surface area contributed by atoms with Crippen LogP contribution < -0.4 is 0 Å². The molecule has 0 bridgehead atoms. The molecule has 2 rings (SSSR count). The molecule has 1 aliphatic heterocycles. The van der Waals surface area contributed by atoms with E-state index in [1.165, 1.54) is 0 Å². The summed E-state index contributed by atoms with van der Waals surface area (Å²) in [5.41, 5.74) is -0.385. The number of benzene rings is 1. The molecule has 7 nitrogen and oxygen atoms in total. The Morgan fingerprint density at radius 2 is 1.32 bits per heavy atom. The molecule has 0 saturated carbocycles. The molecule has 1 aromatic rings. The molecule has 1 aromatic carbocycles. The van der Waals surface area contributed by atoms with Crippen LogP contribution in [0.15, 0.2) is 22.7 Å². The summed E-state index contributed by atoms with van der Waals surface area (Å²) in [5, 5.41) is 0. The fraction of sp³-hybridized carbons (Fsp3) is 0.690. The Kier molecular flexibility index (Phi) is 9.67. The molecule has 5 atom stereocenters. The Labute approximate surface area is 230 Å². The van der Waals surface area contributed by atoms with Crippen LogP contribution in [0.3, 0.4) is 0 Å². The van der Waals surface area contributed by atoms with Gasteiger partial charge in [-0.25, -0.2) is 0 Å². The average Bonchev–Trinajstić information content (AvgIpc) is 2.73. The second kappa shape index (κ2) is 11.4. The highest BCUT2D eigenvalue weighted by molar-refractivity contribution is 9.10. The van der Waals surface area contributed by atoms with Crippen molar-refractivity contribution in [1.29, 1.82) is 0 Å². The minimum Gasteiger partial charge on any atom is -0.462 e. The van der Waals surface area contributed by atoms with Crippen LogP contribution in [0.2, 0.25) is 0 Å². The van der Waals surface area contributed by atoms with Crippen molar-refractivity contribution in [3.63, 3.8) is 0 Å². The van der Waals surface area contributed by atoms with Crippen LogP contribution in [0.1, 0.15) is 86.5 Å². The van der Waals surface area contributed by atoms with Crippen molar-refractivity contribution in [2.24, 2.45) is 22.2 Å². The number of carbonyl (C=O) groups is 3. The second-order valence-corrected chi connectivity index (χ2v) is 14.0. The van der Waals surface area contributed by atoms with Gasteiger partial charge >= 0.3 is 17.9 Å². The van der Waals surface area contributed by atoms with Crippen molar-refractivity contribution in [2.45, 2.75) is 101 Å². The third-order valence-electron chi connectivity index (χ3n) is 6.25. The van der Waals surface area contributed by atoms with Gasteiger partial charge in [0.15, 0.2) is 6.10 Å². The molecule has 0 radical (unpaired) electrons. The molecule has 8 heteroatoms. The van der Waals surface area contributed by atoms with Gasteiger partial charge in [0.05, 0.1) is 22.3 Å². The lowest BCUT2D eigenvalue weighted by molar-refractivity contribution is -0.240. The number of hydrogen-bond acceptors (Lipinski definition) is 7. The molecular weight excluding hydrogens is 540 g/mol. The number of hydrogen-bond donors (Lipinski definition) is 0. The predicted octanol–water partition coefficient (Wildman–Crippen LogP) is 6.34. The summed E-state index contributed by atoms with van der Waals surface area (Å²) in [4.78, 5) is 38.7. The van der Waals surface area contributed by atoms with E-state index in [2.05, 4.69) is 15.9 Å². The highest BCUT2D eigenvalue weighted by Gasteiger charge is 2.51. The fourth-order valence-electron chi connectivity index (χ4n) is 3.81. The van der Waals surface area contributed by atoms with Gasteiger partial charge in [0.1, 0.15) is 18.8 Å². The molecule has 0 aromatic heterocycles. The van der Waals surface area contributed by atoms with Gasteiger partial charge in [-0.1, -0.05) is 28.9 Å². The van der Waals surface area contributed by atoms with Gasteiger partial charge in [-0.2, -0.15) is 0 Å². The Balaban J connectivity index is 2.57. The molecular formula is C29H43BrO7. The van der Waals surface area contributed by atoms with Gasteiger partial charge in [-0.15, -0.1) is 0 Å². The molecule has 1 aliphatic rings. The number of esters is 3. The van der Waals surface area contributed by atoms with E-state index in [4.69, 9.17) is 18.9 Å². The molecule has 0 aliphatic carbocycles. The number of rotatable bonds is 5. The monoisotopic (exact) mass is 582 g/mol. The van der Waals surface area contributed by atoms with Crippen LogP contribution in [-0.4, -0.2) is 42.8 Å². The summed E-state index contributed by atoms with van der Waals surface area (Å²) in [7, 11) is 0. The minimum atomic E-state index is -0.965. The summed E-state index contributed by atoms with van der Waals surface area (Å²) in [6, 6.07) is 5.87. The van der Waals surface area contributed by atoms with E-state index >= 15 is 0 Å². The van der Waals surface area contributed by atoms with E-state index in [9.17, 15) is 14.4 Å². The third kappa shape index (κ3) is 8.03. The summed E-state index contributed by atoms with van der Waals surface area (Å²) >= 11 is 3.50. The van der Waals surface area contributed by atoms with Gasteiger partial charge < -0.3 is 18.9 Å². The van der Waals surface area contributed by atoms with Crippen molar-refractivity contribution < 1.29 is 33.3 Å². The standard InChI is InChI=1S/C29H43BrO7/c1-16-14-18(30)12-13-19(16)21-17(2)22(36-25(32)28(6,7)8)23(37-26(33)29(9,10)11)20(35-21)15-34-24(31)27(3,4)5/h12-14,17,20-23H,15H2,1-11H3/t17-,20-,21+,22-,23-/m1/s1. The maximum absolute atomic E-state index is 13.1. The highest BCUT2D eigenvalue weighted by Crippen LogP contribution is 2.42. The van der Waals surface area contributed by atoms with Crippen molar-refractivity contribution in [3.05, 3.63) is 33.8 Å². The summed E-state index contributed by atoms with van der Waals surface area (Å²) < 4.78 is 25.1. The van der Waals surface area contributed by atoms with Crippen LogP contribution >= 0.6 is 15.9 Å². The Morgan fingerprint density at radius 3 is 1.78 bits per heavy atom. The molecule has 0 spiro atoms. The molecule has 0 unspecified atom stereocenters. The first kappa shape index (κ1) is 31.3. The van der Waals surface area contributed by atoms with Gasteiger partial charge in [0.2, 0.25) is 0 Å². The quantitative estimate of drug-likeness (QED) is 0.295. The van der Waals surface area contributed by atoms with Gasteiger partial charge in [0.25, 0.3) is 0 Å². The summed E-state index contributed by atoms with van der Waals surface area (Å²) in [6.45, 7) is 19.6. The largest absolute Gasteiger partial charge is 0.462 e. The molecule has 1 fully saturated rings. The first-order valence-corrected chi connectivity index (χ1v) is 13.5. The van der Waals surface area contributed by atoms with E-state index in [1.54, 1.807) is 62.3 Å². The van der Waals surface area contributed by atoms with Crippen molar-refractivity contribution in [3.8, 4) is 0 Å². The molecule has 0 N–H and O–H groups in total. The first-order chi connectivity index (χ1) is 16.7. The lowest BCUT2D eigenvalue weighted by Gasteiger charge is -2.46. The fourth-order valence-corrected chi connectivity index (χ4v) is 4.29. The minimum absolute atomic E-state index is 0.152.